The van der Waals surface area contributed by atoms with Gasteiger partial charge < -0.3 is 25.3 Å². The van der Waals surface area contributed by atoms with Gasteiger partial charge in [0, 0.05) is 18.9 Å². The number of hydrogen-bond donors (Lipinski definition) is 2. The Morgan fingerprint density at radius 1 is 0.725 bits per heavy atom. The Labute approximate surface area is 232 Å². The molecule has 204 valence electrons. The van der Waals surface area contributed by atoms with Crippen LogP contribution in [-0.2, 0) is 29.2 Å². The molecule has 0 heterocycles. The average Bonchev–Trinajstić information content (AvgIpc) is 2.96. The number of nitrogens with two attached hydrogens (primary N) is 1. The van der Waals surface area contributed by atoms with Gasteiger partial charge in [-0.15, -0.1) is 0 Å². The molecule has 3 N–H and O–H groups in total. The molecule has 0 saturated heterocycles. The number of primary amides is 1. The van der Waals surface area contributed by atoms with Crippen molar-refractivity contribution in [2.75, 3.05) is 0 Å². The lowest BCUT2D eigenvalue weighted by molar-refractivity contribution is -0.131. The van der Waals surface area contributed by atoms with E-state index in [2.05, 4.69) is 5.32 Å². The molecule has 8 nitrogen and oxygen atoms in total. The lowest BCUT2D eigenvalue weighted by Gasteiger charge is -2.18. The van der Waals surface area contributed by atoms with Gasteiger partial charge in [0.05, 0.1) is 0 Å². The molecule has 8 heteroatoms. The molecular formula is C32H30N2O6. The Balaban J connectivity index is 1.49. The van der Waals surface area contributed by atoms with Crippen molar-refractivity contribution in [2.45, 2.75) is 32.6 Å². The van der Waals surface area contributed by atoms with E-state index < -0.39 is 23.8 Å². The van der Waals surface area contributed by atoms with Crippen LogP contribution in [0, 0.1) is 0 Å². The van der Waals surface area contributed by atoms with Crippen molar-refractivity contribution < 1.29 is 28.6 Å². The van der Waals surface area contributed by atoms with E-state index >= 15 is 0 Å². The summed E-state index contributed by atoms with van der Waals surface area (Å²) in [4.78, 5) is 36.2. The standard InChI is InChI=1S/C32H30N2O6/c1-22(35)40-27-15-13-26(14-16-27)32(37)34-28(31(33)36)18-25-12-17-29(38-20-23-8-4-2-5-9-23)30(19-25)39-21-24-10-6-3-7-11-24/h2-17,19,28H,18,20-21H2,1H3,(H2,33,36)(H,34,37)/t28-/m0/s1. The SMILES string of the molecule is CC(=O)Oc1ccc(C(=O)N[C@@H](Cc2ccc(OCc3ccccc3)c(OCc3ccccc3)c2)C(N)=O)cc1. The van der Waals surface area contributed by atoms with E-state index in [1.54, 1.807) is 12.1 Å². The first-order chi connectivity index (χ1) is 19.4. The highest BCUT2D eigenvalue weighted by atomic mass is 16.5. The van der Waals surface area contributed by atoms with E-state index in [-0.39, 0.29) is 6.42 Å². The lowest BCUT2D eigenvalue weighted by atomic mass is 10.0. The second kappa shape index (κ2) is 13.6. The number of ether oxygens (including phenoxy) is 3. The van der Waals surface area contributed by atoms with Crippen LogP contribution in [0.1, 0.15) is 34.0 Å². The molecule has 40 heavy (non-hydrogen) atoms. The molecule has 0 aromatic heterocycles. The highest BCUT2D eigenvalue weighted by molar-refractivity contribution is 5.97. The number of carbonyl (C=O) groups excluding carboxylic acids is 3. The molecule has 0 spiro atoms. The lowest BCUT2D eigenvalue weighted by Crippen LogP contribution is -2.45. The van der Waals surface area contributed by atoms with Gasteiger partial charge in [-0.2, -0.15) is 0 Å². The number of benzene rings is 4. The van der Waals surface area contributed by atoms with Crippen LogP contribution in [0.5, 0.6) is 17.2 Å². The van der Waals surface area contributed by atoms with Gasteiger partial charge >= 0.3 is 5.97 Å². The van der Waals surface area contributed by atoms with Crippen molar-refractivity contribution in [1.82, 2.24) is 5.32 Å². The van der Waals surface area contributed by atoms with Crippen molar-refractivity contribution in [3.05, 3.63) is 125 Å². The third-order valence-electron chi connectivity index (χ3n) is 5.95. The van der Waals surface area contributed by atoms with Crippen LogP contribution in [-0.4, -0.2) is 23.8 Å². The molecule has 0 unspecified atom stereocenters. The van der Waals surface area contributed by atoms with Crippen LogP contribution < -0.4 is 25.3 Å². The minimum absolute atomic E-state index is 0.146. The Morgan fingerprint density at radius 3 is 1.85 bits per heavy atom. The molecular weight excluding hydrogens is 508 g/mol. The summed E-state index contributed by atoms with van der Waals surface area (Å²) in [6, 6.07) is 29.9. The molecule has 2 amide bonds. The third-order valence-corrected chi connectivity index (χ3v) is 5.95. The van der Waals surface area contributed by atoms with Gasteiger partial charge in [0.2, 0.25) is 5.91 Å². The zero-order valence-corrected chi connectivity index (χ0v) is 22.0. The molecule has 0 saturated carbocycles. The van der Waals surface area contributed by atoms with Gasteiger partial charge in [-0.1, -0.05) is 66.7 Å². The van der Waals surface area contributed by atoms with Gasteiger partial charge in [-0.05, 0) is 53.1 Å². The zero-order valence-electron chi connectivity index (χ0n) is 22.0. The Kier molecular flexibility index (Phi) is 9.50. The predicted octanol–water partition coefficient (Wildman–Crippen LogP) is 4.60. The molecule has 4 aromatic rings. The second-order valence-corrected chi connectivity index (χ2v) is 9.08. The van der Waals surface area contributed by atoms with Crippen LogP contribution >= 0.6 is 0 Å². The normalized spacial score (nSPS) is 11.2. The molecule has 1 atom stereocenters. The maximum Gasteiger partial charge on any atom is 0.308 e. The fraction of sp³-hybridized carbons (Fsp3) is 0.156. The number of nitrogens with one attached hydrogen (secondary N) is 1. The average molecular weight is 539 g/mol. The second-order valence-electron chi connectivity index (χ2n) is 9.08. The van der Waals surface area contributed by atoms with Crippen LogP contribution in [0.4, 0.5) is 0 Å². The summed E-state index contributed by atoms with van der Waals surface area (Å²) < 4.78 is 17.2. The summed E-state index contributed by atoms with van der Waals surface area (Å²) in [6.45, 7) is 1.97. The molecule has 0 fully saturated rings. The minimum atomic E-state index is -0.973. The predicted molar refractivity (Wildman–Crippen MR) is 150 cm³/mol. The molecule has 4 aromatic carbocycles. The zero-order chi connectivity index (χ0) is 28.3. The number of carbonyl (C=O) groups is 3. The van der Waals surface area contributed by atoms with E-state index in [0.29, 0.717) is 36.0 Å². The summed E-state index contributed by atoms with van der Waals surface area (Å²) in [5.74, 6) is -0.255. The van der Waals surface area contributed by atoms with Gasteiger partial charge in [-0.25, -0.2) is 0 Å². The van der Waals surface area contributed by atoms with Crippen LogP contribution in [0.15, 0.2) is 103 Å². The van der Waals surface area contributed by atoms with E-state index in [1.165, 1.54) is 31.2 Å². The van der Waals surface area contributed by atoms with Crippen molar-refractivity contribution in [3.63, 3.8) is 0 Å². The highest BCUT2D eigenvalue weighted by Gasteiger charge is 2.21. The van der Waals surface area contributed by atoms with Crippen molar-refractivity contribution in [1.29, 1.82) is 0 Å². The third kappa shape index (κ3) is 8.19. The van der Waals surface area contributed by atoms with E-state index in [0.717, 1.165) is 16.7 Å². The van der Waals surface area contributed by atoms with Crippen LogP contribution in [0.25, 0.3) is 0 Å². The monoisotopic (exact) mass is 538 g/mol. The summed E-state index contributed by atoms with van der Waals surface area (Å²) in [7, 11) is 0. The van der Waals surface area contributed by atoms with Crippen molar-refractivity contribution in [2.24, 2.45) is 5.73 Å². The van der Waals surface area contributed by atoms with Gasteiger partial charge in [0.25, 0.3) is 5.91 Å². The quantitative estimate of drug-likeness (QED) is 0.201. The van der Waals surface area contributed by atoms with E-state index in [9.17, 15) is 14.4 Å². The molecule has 0 aliphatic heterocycles. The van der Waals surface area contributed by atoms with Gasteiger partial charge in [0.1, 0.15) is 25.0 Å². The van der Waals surface area contributed by atoms with Crippen LogP contribution in [0.2, 0.25) is 0 Å². The molecule has 0 aliphatic rings. The maximum absolute atomic E-state index is 12.8. The number of rotatable bonds is 12. The summed E-state index contributed by atoms with van der Waals surface area (Å²) in [5.41, 5.74) is 8.66. The molecule has 4 rings (SSSR count). The fourth-order valence-electron chi connectivity index (χ4n) is 3.92. The summed E-state index contributed by atoms with van der Waals surface area (Å²) in [6.07, 6.45) is 0.146. The Hall–Kier alpha value is -5.11. The molecule has 0 bridgehead atoms. The Bertz CT molecular complexity index is 1440. The molecule has 0 radical (unpaired) electrons. The van der Waals surface area contributed by atoms with E-state index in [4.69, 9.17) is 19.9 Å². The maximum atomic E-state index is 12.8. The first-order valence-corrected chi connectivity index (χ1v) is 12.7. The summed E-state index contributed by atoms with van der Waals surface area (Å²) >= 11 is 0. The largest absolute Gasteiger partial charge is 0.485 e. The number of hydrogen-bond acceptors (Lipinski definition) is 6. The first-order valence-electron chi connectivity index (χ1n) is 12.7. The van der Waals surface area contributed by atoms with E-state index in [1.807, 2.05) is 66.7 Å². The smallest absolute Gasteiger partial charge is 0.308 e. The van der Waals surface area contributed by atoms with Crippen molar-refractivity contribution in [3.8, 4) is 17.2 Å². The van der Waals surface area contributed by atoms with Gasteiger partial charge in [-0.3, -0.25) is 14.4 Å². The van der Waals surface area contributed by atoms with Gasteiger partial charge in [0.15, 0.2) is 11.5 Å². The Morgan fingerprint density at radius 2 is 1.30 bits per heavy atom. The first kappa shape index (κ1) is 27.9. The highest BCUT2D eigenvalue weighted by Crippen LogP contribution is 2.30. The van der Waals surface area contributed by atoms with Crippen LogP contribution in [0.3, 0.4) is 0 Å². The fourth-order valence-corrected chi connectivity index (χ4v) is 3.92. The topological polar surface area (TPSA) is 117 Å². The van der Waals surface area contributed by atoms with Crippen molar-refractivity contribution >= 4 is 17.8 Å². The number of esters is 1. The minimum Gasteiger partial charge on any atom is -0.485 e. The molecule has 0 aliphatic carbocycles. The number of amides is 2. The summed E-state index contributed by atoms with van der Waals surface area (Å²) in [5, 5.41) is 2.69.